The van der Waals surface area contributed by atoms with Crippen molar-refractivity contribution in [1.82, 2.24) is 10.6 Å². The molecule has 0 fully saturated rings. The van der Waals surface area contributed by atoms with E-state index in [1.807, 2.05) is 0 Å². The van der Waals surface area contributed by atoms with Gasteiger partial charge in [0.25, 0.3) is 0 Å². The minimum atomic E-state index is -0.0568. The van der Waals surface area contributed by atoms with Crippen LogP contribution < -0.4 is 10.6 Å². The molecule has 2 amide bonds. The Bertz CT molecular complexity index is 272. The zero-order valence-corrected chi connectivity index (χ0v) is 9.90. The molecule has 0 bridgehead atoms. The Labute approximate surface area is 94.9 Å². The number of rotatable bonds is 6. The molecule has 0 aliphatic heterocycles. The summed E-state index contributed by atoms with van der Waals surface area (Å²) in [5, 5.41) is 9.81. The van der Waals surface area contributed by atoms with Gasteiger partial charge >= 0.3 is 6.03 Å². The molecule has 3 nitrogen and oxygen atoms in total. The van der Waals surface area contributed by atoms with E-state index < -0.39 is 0 Å². The van der Waals surface area contributed by atoms with E-state index in [1.54, 1.807) is 11.3 Å². The van der Waals surface area contributed by atoms with Gasteiger partial charge in [-0.2, -0.15) is 11.3 Å². The van der Waals surface area contributed by atoms with Gasteiger partial charge in [-0.05, 0) is 35.2 Å². The molecule has 0 unspecified atom stereocenters. The smallest absolute Gasteiger partial charge is 0.314 e. The highest BCUT2D eigenvalue weighted by Gasteiger charge is 1.98. The zero-order valence-electron chi connectivity index (χ0n) is 9.08. The first-order chi connectivity index (χ1) is 7.33. The van der Waals surface area contributed by atoms with Gasteiger partial charge < -0.3 is 10.6 Å². The quantitative estimate of drug-likeness (QED) is 0.718. The lowest BCUT2D eigenvalue weighted by molar-refractivity contribution is 0.241. The summed E-state index contributed by atoms with van der Waals surface area (Å²) < 4.78 is 0. The van der Waals surface area contributed by atoms with E-state index in [-0.39, 0.29) is 6.03 Å². The Balaban J connectivity index is 2.02. The van der Waals surface area contributed by atoms with Gasteiger partial charge in [0, 0.05) is 13.1 Å². The number of nitrogens with one attached hydrogen (secondary N) is 2. The molecule has 1 heterocycles. The first-order valence-electron chi connectivity index (χ1n) is 5.35. The molecule has 1 rings (SSSR count). The summed E-state index contributed by atoms with van der Waals surface area (Å²) in [4.78, 5) is 11.2. The van der Waals surface area contributed by atoms with Crippen LogP contribution in [0.2, 0.25) is 0 Å². The minimum absolute atomic E-state index is 0.0568. The monoisotopic (exact) mass is 226 g/mol. The van der Waals surface area contributed by atoms with Gasteiger partial charge in [0.1, 0.15) is 0 Å². The molecule has 4 heteroatoms. The molecule has 0 aromatic carbocycles. The standard InChI is InChI=1S/C11H18N2OS/c1-2-3-6-12-11(14)13-7-4-10-5-8-15-9-10/h5,8-9H,2-4,6-7H2,1H3,(H2,12,13,14). The number of hydrogen-bond acceptors (Lipinski definition) is 2. The maximum Gasteiger partial charge on any atom is 0.314 e. The number of hydrogen-bond donors (Lipinski definition) is 2. The maximum absolute atomic E-state index is 11.2. The van der Waals surface area contributed by atoms with E-state index >= 15 is 0 Å². The highest BCUT2D eigenvalue weighted by Crippen LogP contribution is 2.05. The van der Waals surface area contributed by atoms with E-state index in [4.69, 9.17) is 0 Å². The molecule has 15 heavy (non-hydrogen) atoms. The van der Waals surface area contributed by atoms with Crippen LogP contribution in [0.4, 0.5) is 4.79 Å². The average Bonchev–Trinajstić information content (AvgIpc) is 2.71. The number of unbranched alkanes of at least 4 members (excludes halogenated alkanes) is 1. The molecule has 0 saturated carbocycles. The average molecular weight is 226 g/mol. The largest absolute Gasteiger partial charge is 0.338 e. The molecule has 1 aromatic rings. The van der Waals surface area contributed by atoms with Crippen LogP contribution in [-0.2, 0) is 6.42 Å². The van der Waals surface area contributed by atoms with Gasteiger partial charge in [-0.15, -0.1) is 0 Å². The molecule has 0 aliphatic carbocycles. The van der Waals surface area contributed by atoms with Gasteiger partial charge in [0.15, 0.2) is 0 Å². The molecule has 0 radical (unpaired) electrons. The highest BCUT2D eigenvalue weighted by atomic mass is 32.1. The first kappa shape index (κ1) is 12.0. The number of urea groups is 1. The van der Waals surface area contributed by atoms with Gasteiger partial charge in [-0.3, -0.25) is 0 Å². The van der Waals surface area contributed by atoms with Crippen molar-refractivity contribution < 1.29 is 4.79 Å². The van der Waals surface area contributed by atoms with Gasteiger partial charge in [0.2, 0.25) is 0 Å². The van der Waals surface area contributed by atoms with E-state index in [1.165, 1.54) is 5.56 Å². The van der Waals surface area contributed by atoms with Crippen molar-refractivity contribution in [2.75, 3.05) is 13.1 Å². The van der Waals surface area contributed by atoms with Crippen LogP contribution >= 0.6 is 11.3 Å². The fraction of sp³-hybridized carbons (Fsp3) is 0.545. The summed E-state index contributed by atoms with van der Waals surface area (Å²) in [6.45, 7) is 3.58. The van der Waals surface area contributed by atoms with E-state index in [2.05, 4.69) is 34.4 Å². The third-order valence-corrected chi connectivity index (χ3v) is 2.83. The fourth-order valence-electron chi connectivity index (χ4n) is 1.20. The summed E-state index contributed by atoms with van der Waals surface area (Å²) in [6.07, 6.45) is 3.05. The van der Waals surface area contributed by atoms with Crippen LogP contribution in [0.25, 0.3) is 0 Å². The first-order valence-corrected chi connectivity index (χ1v) is 6.30. The number of carbonyl (C=O) groups excluding carboxylic acids is 1. The van der Waals surface area contributed by atoms with Crippen molar-refractivity contribution in [3.05, 3.63) is 22.4 Å². The van der Waals surface area contributed by atoms with Crippen molar-refractivity contribution in [2.45, 2.75) is 26.2 Å². The van der Waals surface area contributed by atoms with Crippen molar-refractivity contribution in [3.8, 4) is 0 Å². The van der Waals surface area contributed by atoms with Gasteiger partial charge in [-0.25, -0.2) is 4.79 Å². The van der Waals surface area contributed by atoms with Crippen LogP contribution in [0.1, 0.15) is 25.3 Å². The van der Waals surface area contributed by atoms with Gasteiger partial charge in [-0.1, -0.05) is 13.3 Å². The van der Waals surface area contributed by atoms with Crippen molar-refractivity contribution >= 4 is 17.4 Å². The van der Waals surface area contributed by atoms with E-state index in [0.29, 0.717) is 6.54 Å². The molecule has 0 aliphatic rings. The topological polar surface area (TPSA) is 41.1 Å². The number of carbonyl (C=O) groups is 1. The summed E-state index contributed by atoms with van der Waals surface area (Å²) in [5.41, 5.74) is 1.29. The number of amides is 2. The van der Waals surface area contributed by atoms with Crippen LogP contribution in [0.3, 0.4) is 0 Å². The zero-order chi connectivity index (χ0) is 10.9. The van der Waals surface area contributed by atoms with E-state index in [0.717, 1.165) is 25.8 Å². The second-order valence-corrected chi connectivity index (χ2v) is 4.20. The van der Waals surface area contributed by atoms with Gasteiger partial charge in [0.05, 0.1) is 0 Å². The van der Waals surface area contributed by atoms with Crippen LogP contribution in [-0.4, -0.2) is 19.1 Å². The maximum atomic E-state index is 11.2. The molecule has 84 valence electrons. The Kier molecular flexibility index (Phi) is 5.85. The molecular weight excluding hydrogens is 208 g/mol. The Hall–Kier alpha value is -1.03. The highest BCUT2D eigenvalue weighted by molar-refractivity contribution is 7.07. The second kappa shape index (κ2) is 7.29. The molecule has 1 aromatic heterocycles. The lowest BCUT2D eigenvalue weighted by atomic mass is 10.2. The second-order valence-electron chi connectivity index (χ2n) is 3.42. The summed E-state index contributed by atoms with van der Waals surface area (Å²) in [7, 11) is 0. The lowest BCUT2D eigenvalue weighted by Crippen LogP contribution is -2.37. The number of thiophene rings is 1. The molecule has 0 atom stereocenters. The van der Waals surface area contributed by atoms with Crippen LogP contribution in [0, 0.1) is 0 Å². The fourth-order valence-corrected chi connectivity index (χ4v) is 1.90. The van der Waals surface area contributed by atoms with Crippen LogP contribution in [0.5, 0.6) is 0 Å². The summed E-state index contributed by atoms with van der Waals surface area (Å²) in [5.74, 6) is 0. The van der Waals surface area contributed by atoms with Crippen LogP contribution in [0.15, 0.2) is 16.8 Å². The van der Waals surface area contributed by atoms with Crippen molar-refractivity contribution in [3.63, 3.8) is 0 Å². The normalized spacial score (nSPS) is 9.93. The summed E-state index contributed by atoms with van der Waals surface area (Å²) >= 11 is 1.69. The molecular formula is C11H18N2OS. The SMILES string of the molecule is CCCCNC(=O)NCCc1ccsc1. The Morgan fingerprint density at radius 1 is 1.40 bits per heavy atom. The lowest BCUT2D eigenvalue weighted by Gasteiger charge is -2.05. The van der Waals surface area contributed by atoms with Crippen molar-refractivity contribution in [1.29, 1.82) is 0 Å². The predicted molar refractivity (Wildman–Crippen MR) is 64.3 cm³/mol. The Morgan fingerprint density at radius 2 is 2.20 bits per heavy atom. The van der Waals surface area contributed by atoms with Crippen molar-refractivity contribution in [2.24, 2.45) is 0 Å². The summed E-state index contributed by atoms with van der Waals surface area (Å²) in [6, 6.07) is 2.03. The predicted octanol–water partition coefficient (Wildman–Crippen LogP) is 2.39. The molecule has 0 saturated heterocycles. The Morgan fingerprint density at radius 3 is 2.87 bits per heavy atom. The third kappa shape index (κ3) is 5.42. The minimum Gasteiger partial charge on any atom is -0.338 e. The third-order valence-electron chi connectivity index (χ3n) is 2.10. The molecule has 2 N–H and O–H groups in total. The molecule has 0 spiro atoms. The van der Waals surface area contributed by atoms with E-state index in [9.17, 15) is 4.79 Å².